The molecule has 1 aromatic heterocycles. The maximum Gasteiger partial charge on any atom is 0.249 e. The first-order chi connectivity index (χ1) is 11.8. The fourth-order valence-corrected chi connectivity index (χ4v) is 2.26. The molecule has 0 atom stereocenters. The van der Waals surface area contributed by atoms with Crippen LogP contribution in [0.25, 0.3) is 0 Å². The van der Waals surface area contributed by atoms with Gasteiger partial charge < -0.3 is 15.4 Å². The highest BCUT2D eigenvalue weighted by Gasteiger charge is 2.02. The van der Waals surface area contributed by atoms with E-state index in [-0.39, 0.29) is 0 Å². The highest BCUT2D eigenvalue weighted by molar-refractivity contribution is 5.53. The highest BCUT2D eigenvalue weighted by atomic mass is 16.5. The van der Waals surface area contributed by atoms with E-state index in [0.717, 1.165) is 24.4 Å². The lowest BCUT2D eigenvalue weighted by Gasteiger charge is -2.08. The molecule has 6 nitrogen and oxygen atoms in total. The molecule has 3 rings (SSSR count). The number of nitrogens with zero attached hydrogens (tertiary/aromatic N) is 3. The average Bonchev–Trinajstić information content (AvgIpc) is 2.63. The van der Waals surface area contributed by atoms with Crippen LogP contribution in [0.15, 0.2) is 60.8 Å². The van der Waals surface area contributed by atoms with Crippen molar-refractivity contribution in [3.05, 3.63) is 66.4 Å². The molecule has 0 saturated heterocycles. The smallest absolute Gasteiger partial charge is 0.249 e. The number of methoxy groups -OCH3 is 1. The Morgan fingerprint density at radius 1 is 1.04 bits per heavy atom. The summed E-state index contributed by atoms with van der Waals surface area (Å²) in [7, 11) is 1.67. The molecule has 0 bridgehead atoms. The summed E-state index contributed by atoms with van der Waals surface area (Å²) >= 11 is 0. The third-order valence-electron chi connectivity index (χ3n) is 3.44. The van der Waals surface area contributed by atoms with Crippen LogP contribution in [-0.2, 0) is 6.42 Å². The van der Waals surface area contributed by atoms with Crippen LogP contribution in [0.5, 0.6) is 5.75 Å². The van der Waals surface area contributed by atoms with Gasteiger partial charge in [0.05, 0.1) is 13.3 Å². The van der Waals surface area contributed by atoms with E-state index in [0.29, 0.717) is 11.8 Å². The lowest BCUT2D eigenvalue weighted by molar-refractivity contribution is 0.414. The molecular formula is C18H19N5O. The van der Waals surface area contributed by atoms with Crippen LogP contribution in [0.3, 0.4) is 0 Å². The quantitative estimate of drug-likeness (QED) is 0.696. The van der Waals surface area contributed by atoms with Gasteiger partial charge in [-0.3, -0.25) is 0 Å². The molecule has 0 spiro atoms. The van der Waals surface area contributed by atoms with Crippen molar-refractivity contribution in [1.82, 2.24) is 15.2 Å². The minimum atomic E-state index is 0.465. The number of benzene rings is 2. The van der Waals surface area contributed by atoms with Gasteiger partial charge in [0.2, 0.25) is 5.95 Å². The summed E-state index contributed by atoms with van der Waals surface area (Å²) in [6, 6.07) is 17.8. The van der Waals surface area contributed by atoms with Crippen LogP contribution in [0.2, 0.25) is 0 Å². The third-order valence-corrected chi connectivity index (χ3v) is 3.44. The van der Waals surface area contributed by atoms with Gasteiger partial charge in [0.15, 0.2) is 5.82 Å². The molecule has 3 aromatic rings. The highest BCUT2D eigenvalue weighted by Crippen LogP contribution is 2.14. The zero-order valence-corrected chi connectivity index (χ0v) is 13.4. The molecule has 0 fully saturated rings. The van der Waals surface area contributed by atoms with Gasteiger partial charge in [-0.05, 0) is 36.2 Å². The van der Waals surface area contributed by atoms with Gasteiger partial charge in [0, 0.05) is 12.2 Å². The second-order valence-electron chi connectivity index (χ2n) is 5.18. The van der Waals surface area contributed by atoms with Gasteiger partial charge in [-0.1, -0.05) is 30.3 Å². The van der Waals surface area contributed by atoms with Crippen molar-refractivity contribution in [2.75, 3.05) is 24.3 Å². The number of hydrogen-bond acceptors (Lipinski definition) is 6. The molecule has 24 heavy (non-hydrogen) atoms. The van der Waals surface area contributed by atoms with Crippen molar-refractivity contribution in [1.29, 1.82) is 0 Å². The Bertz CT molecular complexity index is 779. The monoisotopic (exact) mass is 321 g/mol. The Morgan fingerprint density at radius 3 is 2.75 bits per heavy atom. The first-order valence-corrected chi connectivity index (χ1v) is 7.72. The molecule has 0 aliphatic heterocycles. The van der Waals surface area contributed by atoms with Gasteiger partial charge in [-0.15, -0.1) is 5.10 Å². The zero-order valence-electron chi connectivity index (χ0n) is 13.4. The van der Waals surface area contributed by atoms with Crippen LogP contribution >= 0.6 is 0 Å². The first-order valence-electron chi connectivity index (χ1n) is 7.72. The maximum atomic E-state index is 5.23. The second-order valence-corrected chi connectivity index (χ2v) is 5.18. The molecular weight excluding hydrogens is 302 g/mol. The third kappa shape index (κ3) is 4.42. The number of ether oxygens (including phenoxy) is 1. The summed E-state index contributed by atoms with van der Waals surface area (Å²) in [5, 5.41) is 14.4. The molecule has 0 aliphatic rings. The second kappa shape index (κ2) is 7.92. The van der Waals surface area contributed by atoms with Crippen LogP contribution in [0.4, 0.5) is 17.5 Å². The number of para-hydroxylation sites is 1. The lowest BCUT2D eigenvalue weighted by Crippen LogP contribution is -2.08. The summed E-state index contributed by atoms with van der Waals surface area (Å²) in [5.41, 5.74) is 2.12. The fraction of sp³-hybridized carbons (Fsp3) is 0.167. The standard InChI is InChI=1S/C18H19N5O/c1-24-16-9-5-6-14(12-16)10-11-19-17-13-20-23-18(22-17)21-15-7-3-2-4-8-15/h2-9,12-13H,10-11H2,1H3,(H2,19,21,22,23). The number of anilines is 3. The van der Waals surface area contributed by atoms with E-state index >= 15 is 0 Å². The van der Waals surface area contributed by atoms with Gasteiger partial charge in [0.1, 0.15) is 5.75 Å². The van der Waals surface area contributed by atoms with Gasteiger partial charge in [0.25, 0.3) is 0 Å². The Balaban J connectivity index is 1.56. The summed E-state index contributed by atoms with van der Waals surface area (Å²) in [6.45, 7) is 0.747. The summed E-state index contributed by atoms with van der Waals surface area (Å²) in [5.74, 6) is 2.02. The summed E-state index contributed by atoms with van der Waals surface area (Å²) in [6.07, 6.45) is 2.48. The minimum absolute atomic E-state index is 0.465. The average molecular weight is 321 g/mol. The fourth-order valence-electron chi connectivity index (χ4n) is 2.26. The molecule has 0 radical (unpaired) electrons. The molecule has 2 aromatic carbocycles. The van der Waals surface area contributed by atoms with Crippen LogP contribution in [0, 0.1) is 0 Å². The van der Waals surface area contributed by atoms with E-state index in [2.05, 4.69) is 31.9 Å². The Hall–Kier alpha value is -3.15. The van der Waals surface area contributed by atoms with Crippen molar-refractivity contribution in [2.24, 2.45) is 0 Å². The maximum absolute atomic E-state index is 5.23. The Labute approximate surface area is 140 Å². The van der Waals surface area contributed by atoms with Crippen molar-refractivity contribution >= 4 is 17.5 Å². The largest absolute Gasteiger partial charge is 0.497 e. The number of nitrogens with one attached hydrogen (secondary N) is 2. The normalized spacial score (nSPS) is 10.2. The molecule has 0 aliphatic carbocycles. The van der Waals surface area contributed by atoms with Crippen LogP contribution in [0.1, 0.15) is 5.56 Å². The van der Waals surface area contributed by atoms with E-state index < -0.39 is 0 Å². The first kappa shape index (κ1) is 15.7. The van der Waals surface area contributed by atoms with Crippen molar-refractivity contribution in [2.45, 2.75) is 6.42 Å². The van der Waals surface area contributed by atoms with E-state index in [1.54, 1.807) is 13.3 Å². The van der Waals surface area contributed by atoms with E-state index in [4.69, 9.17) is 4.74 Å². The summed E-state index contributed by atoms with van der Waals surface area (Å²) in [4.78, 5) is 4.41. The van der Waals surface area contributed by atoms with E-state index in [1.165, 1.54) is 5.56 Å². The topological polar surface area (TPSA) is 72.0 Å². The predicted octanol–water partition coefficient (Wildman–Crippen LogP) is 3.28. The van der Waals surface area contributed by atoms with E-state index in [9.17, 15) is 0 Å². The Morgan fingerprint density at radius 2 is 1.92 bits per heavy atom. The number of aromatic nitrogens is 3. The van der Waals surface area contributed by atoms with Gasteiger partial charge in [-0.2, -0.15) is 10.1 Å². The predicted molar refractivity (Wildman–Crippen MR) is 94.7 cm³/mol. The zero-order chi connectivity index (χ0) is 16.6. The summed E-state index contributed by atoms with van der Waals surface area (Å²) < 4.78 is 5.23. The Kier molecular flexibility index (Phi) is 5.19. The molecule has 1 heterocycles. The molecule has 0 unspecified atom stereocenters. The minimum Gasteiger partial charge on any atom is -0.497 e. The number of hydrogen-bond donors (Lipinski definition) is 2. The van der Waals surface area contributed by atoms with Crippen LogP contribution < -0.4 is 15.4 Å². The van der Waals surface area contributed by atoms with E-state index in [1.807, 2.05) is 48.5 Å². The molecule has 0 saturated carbocycles. The SMILES string of the molecule is COc1cccc(CCNc2cnnc(Nc3ccccc3)n2)c1. The lowest BCUT2D eigenvalue weighted by atomic mass is 10.1. The molecule has 122 valence electrons. The van der Waals surface area contributed by atoms with Gasteiger partial charge >= 0.3 is 0 Å². The van der Waals surface area contributed by atoms with Crippen molar-refractivity contribution < 1.29 is 4.74 Å². The van der Waals surface area contributed by atoms with Gasteiger partial charge in [-0.25, -0.2) is 0 Å². The molecule has 2 N–H and O–H groups in total. The van der Waals surface area contributed by atoms with Crippen LogP contribution in [-0.4, -0.2) is 28.8 Å². The molecule has 0 amide bonds. The van der Waals surface area contributed by atoms with Crippen molar-refractivity contribution in [3.63, 3.8) is 0 Å². The number of rotatable bonds is 7. The van der Waals surface area contributed by atoms with Crippen molar-refractivity contribution in [3.8, 4) is 5.75 Å². The molecule has 6 heteroatoms.